The van der Waals surface area contributed by atoms with E-state index in [1.54, 1.807) is 30.3 Å². The fourth-order valence-electron chi connectivity index (χ4n) is 4.74. The Morgan fingerprint density at radius 3 is 2.61 bits per heavy atom. The molecular weight excluding hydrogens is 436 g/mol. The maximum absolute atomic E-state index is 13.3. The van der Waals surface area contributed by atoms with Gasteiger partial charge >= 0.3 is 0 Å². The smallest absolute Gasteiger partial charge is 0.274 e. The van der Waals surface area contributed by atoms with Crippen LogP contribution in [-0.4, -0.2) is 44.0 Å². The van der Waals surface area contributed by atoms with Crippen molar-refractivity contribution in [3.8, 4) is 11.4 Å². The van der Waals surface area contributed by atoms with Gasteiger partial charge in [-0.05, 0) is 60.9 Å². The molecule has 1 saturated carbocycles. The maximum Gasteiger partial charge on any atom is 0.274 e. The Hall–Kier alpha value is -2.94. The largest absolute Gasteiger partial charge is 0.497 e. The molecule has 3 aromatic rings. The standard InChI is InChI=1S/C24H30N6O2S/c1-16-12-17(14-24(2,3)13-16)27-22(31)21-20(15-33-23-25-10-5-11-26-23)30(29-28-21)18-6-8-19(32-4)9-7-18/h5-11,16-17H,12-15H2,1-4H3,(H,27,31). The summed E-state index contributed by atoms with van der Waals surface area (Å²) in [7, 11) is 1.63. The number of benzene rings is 1. The summed E-state index contributed by atoms with van der Waals surface area (Å²) >= 11 is 1.44. The van der Waals surface area contributed by atoms with E-state index in [0.717, 1.165) is 24.3 Å². The van der Waals surface area contributed by atoms with E-state index >= 15 is 0 Å². The quantitative estimate of drug-likeness (QED) is 0.410. The molecule has 0 radical (unpaired) electrons. The van der Waals surface area contributed by atoms with Crippen LogP contribution in [0.15, 0.2) is 47.9 Å². The molecule has 0 saturated heterocycles. The van der Waals surface area contributed by atoms with Crippen LogP contribution in [0.3, 0.4) is 0 Å². The highest BCUT2D eigenvalue weighted by atomic mass is 32.2. The van der Waals surface area contributed by atoms with Crippen LogP contribution in [0, 0.1) is 11.3 Å². The third kappa shape index (κ3) is 5.71. The van der Waals surface area contributed by atoms with E-state index < -0.39 is 0 Å². The summed E-state index contributed by atoms with van der Waals surface area (Å²) in [6.07, 6.45) is 6.51. The molecule has 2 unspecified atom stereocenters. The maximum atomic E-state index is 13.3. The molecule has 0 spiro atoms. The van der Waals surface area contributed by atoms with Crippen LogP contribution in [0.5, 0.6) is 5.75 Å². The number of ether oxygens (including phenoxy) is 1. The predicted octanol–water partition coefficient (Wildman–Crippen LogP) is 4.30. The van der Waals surface area contributed by atoms with Crippen LogP contribution in [-0.2, 0) is 5.75 Å². The van der Waals surface area contributed by atoms with E-state index in [0.29, 0.717) is 28.2 Å². The minimum atomic E-state index is -0.186. The second-order valence-electron chi connectivity index (χ2n) is 9.40. The van der Waals surface area contributed by atoms with Crippen molar-refractivity contribution in [1.82, 2.24) is 30.3 Å². The van der Waals surface area contributed by atoms with E-state index in [-0.39, 0.29) is 17.4 Å². The summed E-state index contributed by atoms with van der Waals surface area (Å²) in [6.45, 7) is 6.79. The molecule has 1 N–H and O–H groups in total. The Bertz CT molecular complexity index is 1080. The number of amides is 1. The first-order valence-electron chi connectivity index (χ1n) is 11.1. The molecule has 9 heteroatoms. The molecule has 8 nitrogen and oxygen atoms in total. The highest BCUT2D eigenvalue weighted by Gasteiger charge is 2.33. The highest BCUT2D eigenvalue weighted by molar-refractivity contribution is 7.98. The monoisotopic (exact) mass is 466 g/mol. The van der Waals surface area contributed by atoms with Crippen molar-refractivity contribution in [3.63, 3.8) is 0 Å². The molecule has 2 atom stereocenters. The summed E-state index contributed by atoms with van der Waals surface area (Å²) in [5.74, 6) is 1.59. The molecule has 2 aromatic heterocycles. The molecule has 2 heterocycles. The predicted molar refractivity (Wildman–Crippen MR) is 128 cm³/mol. The zero-order chi connectivity index (χ0) is 23.4. The number of carbonyl (C=O) groups is 1. The molecule has 4 rings (SSSR count). The zero-order valence-electron chi connectivity index (χ0n) is 19.5. The van der Waals surface area contributed by atoms with Gasteiger partial charge in [0.25, 0.3) is 5.91 Å². The number of methoxy groups -OCH3 is 1. The first-order chi connectivity index (χ1) is 15.8. The SMILES string of the molecule is COc1ccc(-n2nnc(C(=O)NC3CC(C)CC(C)(C)C3)c2CSc2ncccn2)cc1. The van der Waals surface area contributed by atoms with Crippen molar-refractivity contribution in [2.75, 3.05) is 7.11 Å². The first kappa shape index (κ1) is 23.2. The van der Waals surface area contributed by atoms with Crippen molar-refractivity contribution < 1.29 is 9.53 Å². The second-order valence-corrected chi connectivity index (χ2v) is 10.3. The number of hydrogen-bond acceptors (Lipinski definition) is 7. The molecule has 1 amide bonds. The topological polar surface area (TPSA) is 94.8 Å². The molecule has 174 valence electrons. The van der Waals surface area contributed by atoms with Crippen molar-refractivity contribution in [1.29, 1.82) is 0 Å². The number of nitrogens with zero attached hydrogens (tertiary/aromatic N) is 5. The lowest BCUT2D eigenvalue weighted by Crippen LogP contribution is -2.43. The third-order valence-electron chi connectivity index (χ3n) is 5.90. The fourth-order valence-corrected chi connectivity index (χ4v) is 5.54. The Balaban J connectivity index is 1.60. The second kappa shape index (κ2) is 9.91. The van der Waals surface area contributed by atoms with Crippen molar-refractivity contribution in [3.05, 3.63) is 54.1 Å². The first-order valence-corrected chi connectivity index (χ1v) is 12.1. The molecule has 1 aliphatic rings. The van der Waals surface area contributed by atoms with Crippen molar-refractivity contribution >= 4 is 17.7 Å². The van der Waals surface area contributed by atoms with Crippen LogP contribution >= 0.6 is 11.8 Å². The van der Waals surface area contributed by atoms with Gasteiger partial charge in [-0.15, -0.1) is 5.10 Å². The molecule has 1 aliphatic carbocycles. The number of carbonyl (C=O) groups excluding carboxylic acids is 1. The Morgan fingerprint density at radius 2 is 1.94 bits per heavy atom. The van der Waals surface area contributed by atoms with Gasteiger partial charge in [-0.25, -0.2) is 14.6 Å². The van der Waals surface area contributed by atoms with Crippen molar-refractivity contribution in [2.24, 2.45) is 11.3 Å². The van der Waals surface area contributed by atoms with Gasteiger partial charge in [0.1, 0.15) is 5.75 Å². The van der Waals surface area contributed by atoms with Gasteiger partial charge in [-0.1, -0.05) is 37.7 Å². The number of rotatable bonds is 7. The zero-order valence-corrected chi connectivity index (χ0v) is 20.3. The van der Waals surface area contributed by atoms with Crippen LogP contribution < -0.4 is 10.1 Å². The van der Waals surface area contributed by atoms with Crippen LogP contribution in [0.1, 0.15) is 56.2 Å². The lowest BCUT2D eigenvalue weighted by atomic mass is 9.70. The van der Waals surface area contributed by atoms with Gasteiger partial charge in [-0.3, -0.25) is 4.79 Å². The van der Waals surface area contributed by atoms with E-state index in [4.69, 9.17) is 4.74 Å². The van der Waals surface area contributed by atoms with Crippen LogP contribution in [0.4, 0.5) is 0 Å². The average molecular weight is 467 g/mol. The molecule has 33 heavy (non-hydrogen) atoms. The minimum absolute atomic E-state index is 0.125. The normalized spacial score (nSPS) is 19.8. The van der Waals surface area contributed by atoms with Gasteiger partial charge in [-0.2, -0.15) is 0 Å². The number of hydrogen-bond donors (Lipinski definition) is 1. The van der Waals surface area contributed by atoms with Gasteiger partial charge in [0.2, 0.25) is 0 Å². The summed E-state index contributed by atoms with van der Waals surface area (Å²) in [6, 6.07) is 9.42. The molecule has 1 aromatic carbocycles. The van der Waals surface area contributed by atoms with Gasteiger partial charge < -0.3 is 10.1 Å². The Morgan fingerprint density at radius 1 is 1.21 bits per heavy atom. The number of aromatic nitrogens is 5. The Kier molecular flexibility index (Phi) is 6.97. The van der Waals surface area contributed by atoms with E-state index in [9.17, 15) is 4.79 Å². The third-order valence-corrected chi connectivity index (χ3v) is 6.78. The summed E-state index contributed by atoms with van der Waals surface area (Å²) in [4.78, 5) is 21.9. The highest BCUT2D eigenvalue weighted by Crippen LogP contribution is 2.38. The van der Waals surface area contributed by atoms with Crippen LogP contribution in [0.2, 0.25) is 0 Å². The average Bonchev–Trinajstić information content (AvgIpc) is 3.21. The molecule has 0 bridgehead atoms. The van der Waals surface area contributed by atoms with Gasteiger partial charge in [0.15, 0.2) is 10.9 Å². The van der Waals surface area contributed by atoms with E-state index in [1.165, 1.54) is 18.2 Å². The van der Waals surface area contributed by atoms with Crippen LogP contribution in [0.25, 0.3) is 5.69 Å². The molecular formula is C24H30N6O2S. The van der Waals surface area contributed by atoms with E-state index in [2.05, 4.69) is 46.4 Å². The Labute approximate surface area is 198 Å². The molecule has 0 aliphatic heterocycles. The van der Waals surface area contributed by atoms with Gasteiger partial charge in [0, 0.05) is 24.2 Å². The lowest BCUT2D eigenvalue weighted by molar-refractivity contribution is 0.0868. The van der Waals surface area contributed by atoms with Gasteiger partial charge in [0.05, 0.1) is 18.5 Å². The van der Waals surface area contributed by atoms with Crippen molar-refractivity contribution in [2.45, 2.75) is 57.0 Å². The van der Waals surface area contributed by atoms with E-state index in [1.807, 2.05) is 24.3 Å². The summed E-state index contributed by atoms with van der Waals surface area (Å²) < 4.78 is 6.97. The number of nitrogens with one attached hydrogen (secondary N) is 1. The minimum Gasteiger partial charge on any atom is -0.497 e. The molecule has 1 fully saturated rings. The number of thioether (sulfide) groups is 1. The lowest BCUT2D eigenvalue weighted by Gasteiger charge is -2.39. The summed E-state index contributed by atoms with van der Waals surface area (Å²) in [5.41, 5.74) is 2.06. The summed E-state index contributed by atoms with van der Waals surface area (Å²) in [5, 5.41) is 12.5. The fraction of sp³-hybridized carbons (Fsp3) is 0.458.